The zero-order valence-electron chi connectivity index (χ0n) is 16.2. The van der Waals surface area contributed by atoms with E-state index in [1.807, 2.05) is 11.8 Å². The van der Waals surface area contributed by atoms with Crippen LogP contribution in [0, 0.1) is 11.7 Å². The Morgan fingerprint density at radius 1 is 1.07 bits per heavy atom. The molecule has 0 bridgehead atoms. The van der Waals surface area contributed by atoms with Crippen molar-refractivity contribution >= 4 is 29.4 Å². The standard InChI is InChI=1S/C21H28FN3O2S/c22-17-8-4-5-9-18(17)23-20(27)24-12-10-21(11-13-24)25(14-15-28-21)19(26)16-6-2-1-3-7-16/h4-5,8-9,16H,1-3,6-7,10-15H2,(H,23,27). The van der Waals surface area contributed by atoms with Gasteiger partial charge in [-0.3, -0.25) is 4.79 Å². The summed E-state index contributed by atoms with van der Waals surface area (Å²) in [4.78, 5) is 29.4. The summed E-state index contributed by atoms with van der Waals surface area (Å²) in [5.41, 5.74) is 0.206. The number of urea groups is 1. The molecule has 5 nitrogen and oxygen atoms in total. The fourth-order valence-corrected chi connectivity index (χ4v) is 6.18. The molecule has 0 radical (unpaired) electrons. The molecule has 3 aliphatic rings. The molecule has 2 aliphatic heterocycles. The Hall–Kier alpha value is -1.76. The predicted molar refractivity (Wildman–Crippen MR) is 110 cm³/mol. The van der Waals surface area contributed by atoms with Crippen LogP contribution in [0.25, 0.3) is 0 Å². The number of likely N-dealkylation sites (tertiary alicyclic amines) is 1. The second-order valence-corrected chi connectivity index (χ2v) is 9.47. The van der Waals surface area contributed by atoms with Gasteiger partial charge in [0.05, 0.1) is 10.6 Å². The van der Waals surface area contributed by atoms with E-state index in [9.17, 15) is 14.0 Å². The lowest BCUT2D eigenvalue weighted by molar-refractivity contribution is -0.140. The minimum absolute atomic E-state index is 0.163. The summed E-state index contributed by atoms with van der Waals surface area (Å²) in [6.07, 6.45) is 7.17. The highest BCUT2D eigenvalue weighted by Gasteiger charge is 2.48. The molecule has 1 aromatic carbocycles. The number of hydrogen-bond acceptors (Lipinski definition) is 3. The smallest absolute Gasteiger partial charge is 0.321 e. The Morgan fingerprint density at radius 3 is 2.50 bits per heavy atom. The maximum Gasteiger partial charge on any atom is 0.321 e. The number of nitrogens with one attached hydrogen (secondary N) is 1. The molecule has 1 aromatic rings. The zero-order valence-corrected chi connectivity index (χ0v) is 17.0. The molecule has 4 rings (SSSR count). The molecule has 0 unspecified atom stereocenters. The quantitative estimate of drug-likeness (QED) is 0.798. The van der Waals surface area contributed by atoms with Crippen LogP contribution in [0.2, 0.25) is 0 Å². The Bertz CT molecular complexity index is 730. The Kier molecular flexibility index (Phi) is 5.80. The van der Waals surface area contributed by atoms with E-state index in [2.05, 4.69) is 10.2 Å². The number of nitrogens with zero attached hydrogens (tertiary/aromatic N) is 2. The number of para-hydroxylation sites is 1. The molecule has 3 amide bonds. The van der Waals surface area contributed by atoms with Gasteiger partial charge in [0, 0.05) is 31.3 Å². The van der Waals surface area contributed by atoms with Crippen LogP contribution in [0.5, 0.6) is 0 Å². The van der Waals surface area contributed by atoms with Gasteiger partial charge in [-0.1, -0.05) is 31.4 Å². The number of thioether (sulfide) groups is 1. The number of rotatable bonds is 2. The third kappa shape index (κ3) is 3.86. The topological polar surface area (TPSA) is 52.7 Å². The zero-order chi connectivity index (χ0) is 19.6. The molecule has 1 saturated carbocycles. The first kappa shape index (κ1) is 19.6. The molecular formula is C21H28FN3O2S. The Labute approximate surface area is 170 Å². The molecule has 0 atom stereocenters. The van der Waals surface area contributed by atoms with Gasteiger partial charge < -0.3 is 15.1 Å². The van der Waals surface area contributed by atoms with Gasteiger partial charge in [0.25, 0.3) is 0 Å². The molecule has 1 N–H and O–H groups in total. The van der Waals surface area contributed by atoms with Crippen molar-refractivity contribution in [3.63, 3.8) is 0 Å². The summed E-state index contributed by atoms with van der Waals surface area (Å²) in [6.45, 7) is 1.99. The highest BCUT2D eigenvalue weighted by atomic mass is 32.2. The Morgan fingerprint density at radius 2 is 1.79 bits per heavy atom. The van der Waals surface area contributed by atoms with Crippen LogP contribution in [-0.4, -0.2) is 52.0 Å². The van der Waals surface area contributed by atoms with Crippen LogP contribution < -0.4 is 5.32 Å². The average Bonchev–Trinajstić information content (AvgIpc) is 3.13. The monoisotopic (exact) mass is 405 g/mol. The van der Waals surface area contributed by atoms with Crippen molar-refractivity contribution in [2.24, 2.45) is 5.92 Å². The van der Waals surface area contributed by atoms with Crippen molar-refractivity contribution in [3.8, 4) is 0 Å². The van der Waals surface area contributed by atoms with Crippen molar-refractivity contribution in [1.82, 2.24) is 9.80 Å². The van der Waals surface area contributed by atoms with Gasteiger partial charge in [-0.2, -0.15) is 0 Å². The number of anilines is 1. The normalized spacial score (nSPS) is 22.5. The van der Waals surface area contributed by atoms with Crippen LogP contribution in [0.3, 0.4) is 0 Å². The third-order valence-corrected chi connectivity index (χ3v) is 7.90. The lowest BCUT2D eigenvalue weighted by atomic mass is 9.87. The summed E-state index contributed by atoms with van der Waals surface area (Å²) in [5.74, 6) is 1.06. The molecule has 2 heterocycles. The fourth-order valence-electron chi connectivity index (χ4n) is 4.72. The van der Waals surface area contributed by atoms with E-state index in [4.69, 9.17) is 0 Å². The number of halogens is 1. The van der Waals surface area contributed by atoms with Crippen molar-refractivity contribution < 1.29 is 14.0 Å². The van der Waals surface area contributed by atoms with Gasteiger partial charge in [0.15, 0.2) is 0 Å². The summed E-state index contributed by atoms with van der Waals surface area (Å²) >= 11 is 1.87. The van der Waals surface area contributed by atoms with Gasteiger partial charge in [0.1, 0.15) is 5.82 Å². The number of piperidine rings is 1. The SMILES string of the molecule is O=C(Nc1ccccc1F)N1CCC2(CC1)SCCN2C(=O)C1CCCCC1. The van der Waals surface area contributed by atoms with Crippen LogP contribution >= 0.6 is 11.8 Å². The molecule has 1 spiro atoms. The molecule has 0 aromatic heterocycles. The minimum atomic E-state index is -0.431. The van der Waals surface area contributed by atoms with Crippen LogP contribution in [0.15, 0.2) is 24.3 Å². The van der Waals surface area contributed by atoms with Crippen LogP contribution in [0.1, 0.15) is 44.9 Å². The molecule has 7 heteroatoms. The summed E-state index contributed by atoms with van der Waals surface area (Å²) < 4.78 is 13.8. The van der Waals surface area contributed by atoms with E-state index in [1.54, 1.807) is 23.1 Å². The second-order valence-electron chi connectivity index (χ2n) is 8.02. The van der Waals surface area contributed by atoms with Gasteiger partial charge in [0.2, 0.25) is 5.91 Å². The van der Waals surface area contributed by atoms with Gasteiger partial charge in [-0.05, 0) is 37.8 Å². The summed E-state index contributed by atoms with van der Waals surface area (Å²) in [6, 6.07) is 5.94. The van der Waals surface area contributed by atoms with Crippen molar-refractivity contribution in [2.45, 2.75) is 49.8 Å². The molecule has 3 fully saturated rings. The van der Waals surface area contributed by atoms with Gasteiger partial charge in [-0.15, -0.1) is 11.8 Å². The van der Waals surface area contributed by atoms with E-state index in [-0.39, 0.29) is 22.5 Å². The van der Waals surface area contributed by atoms with E-state index < -0.39 is 5.82 Å². The summed E-state index contributed by atoms with van der Waals surface area (Å²) in [5, 5.41) is 2.67. The van der Waals surface area contributed by atoms with Crippen molar-refractivity contribution in [3.05, 3.63) is 30.1 Å². The third-order valence-electron chi connectivity index (χ3n) is 6.35. The number of carbonyl (C=O) groups is 2. The number of carbonyl (C=O) groups excluding carboxylic acids is 2. The molecule has 2 saturated heterocycles. The van der Waals surface area contributed by atoms with E-state index in [1.165, 1.54) is 12.5 Å². The fraction of sp³-hybridized carbons (Fsp3) is 0.619. The number of amides is 3. The first-order valence-electron chi connectivity index (χ1n) is 10.3. The van der Waals surface area contributed by atoms with Gasteiger partial charge >= 0.3 is 6.03 Å². The maximum absolute atomic E-state index is 13.8. The minimum Gasteiger partial charge on any atom is -0.327 e. The maximum atomic E-state index is 13.8. The second kappa shape index (κ2) is 8.31. The average molecular weight is 406 g/mol. The van der Waals surface area contributed by atoms with E-state index in [0.717, 1.165) is 50.8 Å². The first-order chi connectivity index (χ1) is 13.6. The van der Waals surface area contributed by atoms with Crippen LogP contribution in [-0.2, 0) is 4.79 Å². The highest BCUT2D eigenvalue weighted by molar-refractivity contribution is 8.00. The largest absolute Gasteiger partial charge is 0.327 e. The molecule has 28 heavy (non-hydrogen) atoms. The van der Waals surface area contributed by atoms with Gasteiger partial charge in [-0.25, -0.2) is 9.18 Å². The van der Waals surface area contributed by atoms with E-state index >= 15 is 0 Å². The lowest BCUT2D eigenvalue weighted by Crippen LogP contribution is -2.55. The summed E-state index contributed by atoms with van der Waals surface area (Å²) in [7, 11) is 0. The van der Waals surface area contributed by atoms with E-state index in [0.29, 0.717) is 19.0 Å². The first-order valence-corrected chi connectivity index (χ1v) is 11.3. The molecule has 1 aliphatic carbocycles. The lowest BCUT2D eigenvalue weighted by Gasteiger charge is -2.45. The number of benzene rings is 1. The van der Waals surface area contributed by atoms with Crippen LogP contribution in [0.4, 0.5) is 14.9 Å². The highest BCUT2D eigenvalue weighted by Crippen LogP contribution is 2.45. The Balaban J connectivity index is 1.37. The molecular weight excluding hydrogens is 377 g/mol. The predicted octanol–water partition coefficient (Wildman–Crippen LogP) is 4.31. The molecule has 152 valence electrons. The number of hydrogen-bond donors (Lipinski definition) is 1. The van der Waals surface area contributed by atoms with Crippen molar-refractivity contribution in [2.75, 3.05) is 30.7 Å². The van der Waals surface area contributed by atoms with Crippen molar-refractivity contribution in [1.29, 1.82) is 0 Å².